The van der Waals surface area contributed by atoms with Gasteiger partial charge >= 0.3 is 0 Å². The van der Waals surface area contributed by atoms with Crippen LogP contribution in [-0.4, -0.2) is 44.7 Å². The Kier molecular flexibility index (Phi) is 7.31. The predicted molar refractivity (Wildman–Crippen MR) is 112 cm³/mol. The molecule has 0 bridgehead atoms. The number of hydrogen-bond donors (Lipinski definition) is 2. The van der Waals surface area contributed by atoms with Crippen LogP contribution in [-0.2, 0) is 0 Å². The monoisotopic (exact) mass is 383 g/mol. The zero-order valence-corrected chi connectivity index (χ0v) is 16.9. The van der Waals surface area contributed by atoms with Crippen molar-refractivity contribution in [2.75, 3.05) is 33.4 Å². The summed E-state index contributed by atoms with van der Waals surface area (Å²) in [5.74, 6) is 1.77. The molecule has 0 aliphatic carbocycles. The smallest absolute Gasteiger partial charge is 0.133 e. The maximum Gasteiger partial charge on any atom is 0.133 e. The molecule has 0 aromatic heterocycles. The lowest BCUT2D eigenvalue weighted by Crippen LogP contribution is -3.10. The lowest BCUT2D eigenvalue weighted by molar-refractivity contribution is -0.918. The van der Waals surface area contributed by atoms with E-state index < -0.39 is 0 Å². The van der Waals surface area contributed by atoms with Gasteiger partial charge in [0.2, 0.25) is 0 Å². The summed E-state index contributed by atoms with van der Waals surface area (Å²) in [4.78, 5) is 6.25. The third-order valence-electron chi connectivity index (χ3n) is 5.23. The molecule has 1 aliphatic heterocycles. The summed E-state index contributed by atoms with van der Waals surface area (Å²) in [6, 6.07) is 14.0. The second-order valence-electron chi connectivity index (χ2n) is 7.26. The number of rotatable bonds is 9. The number of aliphatic imine (C=N–C) groups is 1. The number of likely N-dealkylation sites (tertiary alicyclic amines) is 1. The molecule has 28 heavy (non-hydrogen) atoms. The van der Waals surface area contributed by atoms with Gasteiger partial charge in [-0.2, -0.15) is 0 Å². The molecule has 3 rings (SSSR count). The van der Waals surface area contributed by atoms with Crippen molar-refractivity contribution < 1.29 is 19.5 Å². The number of benzene rings is 2. The highest BCUT2D eigenvalue weighted by Gasteiger charge is 2.27. The highest BCUT2D eigenvalue weighted by Crippen LogP contribution is 2.23. The Morgan fingerprint density at radius 1 is 1.14 bits per heavy atom. The second kappa shape index (κ2) is 10.1. The zero-order chi connectivity index (χ0) is 19.8. The van der Waals surface area contributed by atoms with E-state index in [1.165, 1.54) is 31.5 Å². The second-order valence-corrected chi connectivity index (χ2v) is 7.26. The minimum atomic E-state index is 0.198. The van der Waals surface area contributed by atoms with Crippen LogP contribution in [0, 0.1) is 0 Å². The maximum atomic E-state index is 10.3. The topological polar surface area (TPSA) is 55.5 Å². The van der Waals surface area contributed by atoms with Gasteiger partial charge in [-0.25, -0.2) is 0 Å². The van der Waals surface area contributed by atoms with E-state index in [4.69, 9.17) is 9.47 Å². The number of aromatic hydroxyl groups is 1. The summed E-state index contributed by atoms with van der Waals surface area (Å²) >= 11 is 0. The Morgan fingerprint density at radius 3 is 2.68 bits per heavy atom. The van der Waals surface area contributed by atoms with Crippen molar-refractivity contribution in [3.05, 3.63) is 53.6 Å². The number of phenols is 1. The van der Waals surface area contributed by atoms with Gasteiger partial charge in [0.25, 0.3) is 0 Å². The van der Waals surface area contributed by atoms with Gasteiger partial charge < -0.3 is 19.5 Å². The Morgan fingerprint density at radius 2 is 1.96 bits per heavy atom. The number of methoxy groups -OCH3 is 1. The Labute approximate surface area is 167 Å². The average molecular weight is 384 g/mol. The molecule has 2 aromatic rings. The van der Waals surface area contributed by atoms with Gasteiger partial charge in [-0.15, -0.1) is 0 Å². The van der Waals surface area contributed by atoms with Gasteiger partial charge in [-0.05, 0) is 30.7 Å². The van der Waals surface area contributed by atoms with Crippen molar-refractivity contribution in [1.82, 2.24) is 0 Å². The first kappa shape index (κ1) is 20.2. The number of ether oxygens (including phenoxy) is 2. The first-order valence-corrected chi connectivity index (χ1v) is 10.2. The SMILES string of the molecule is CCCOc1ccc(C=NC[C@@H](c2cccc(OC)c2)[NH+]2CCCC2)c(O)c1. The van der Waals surface area contributed by atoms with Crippen molar-refractivity contribution >= 4 is 6.21 Å². The van der Waals surface area contributed by atoms with Crippen molar-refractivity contribution in [3.63, 3.8) is 0 Å². The van der Waals surface area contributed by atoms with E-state index in [0.29, 0.717) is 30.5 Å². The summed E-state index contributed by atoms with van der Waals surface area (Å²) in [6.45, 7) is 5.73. The predicted octanol–water partition coefficient (Wildman–Crippen LogP) is 3.03. The molecule has 1 atom stereocenters. The lowest BCUT2D eigenvalue weighted by Gasteiger charge is -2.24. The first-order chi connectivity index (χ1) is 13.7. The molecule has 5 nitrogen and oxygen atoms in total. The van der Waals surface area contributed by atoms with Gasteiger partial charge in [0.05, 0.1) is 33.4 Å². The molecule has 5 heteroatoms. The number of phenolic OH excluding ortho intramolecular Hbond substituents is 1. The summed E-state index contributed by atoms with van der Waals surface area (Å²) in [6.07, 6.45) is 5.23. The van der Waals surface area contributed by atoms with Crippen LogP contribution in [0.15, 0.2) is 47.5 Å². The fraction of sp³-hybridized carbons (Fsp3) is 0.435. The molecule has 1 fully saturated rings. The van der Waals surface area contributed by atoms with Gasteiger partial charge in [0.15, 0.2) is 0 Å². The molecule has 0 amide bonds. The summed E-state index contributed by atoms with van der Waals surface area (Å²) in [5.41, 5.74) is 1.96. The molecule has 0 radical (unpaired) electrons. The van der Waals surface area contributed by atoms with Crippen molar-refractivity contribution in [3.8, 4) is 17.2 Å². The van der Waals surface area contributed by atoms with Crippen molar-refractivity contribution in [1.29, 1.82) is 0 Å². The minimum absolute atomic E-state index is 0.198. The Hall–Kier alpha value is -2.53. The molecular weight excluding hydrogens is 352 g/mol. The van der Waals surface area contributed by atoms with Gasteiger partial charge in [0.1, 0.15) is 23.3 Å². The van der Waals surface area contributed by atoms with Crippen molar-refractivity contribution in [2.24, 2.45) is 4.99 Å². The number of quaternary nitrogens is 1. The van der Waals surface area contributed by atoms with Gasteiger partial charge in [-0.1, -0.05) is 19.1 Å². The third kappa shape index (κ3) is 5.26. The Balaban J connectivity index is 1.72. The molecule has 2 N–H and O–H groups in total. The molecule has 1 heterocycles. The van der Waals surface area contributed by atoms with E-state index >= 15 is 0 Å². The highest BCUT2D eigenvalue weighted by atomic mass is 16.5. The molecule has 0 saturated carbocycles. The summed E-state index contributed by atoms with van der Waals surface area (Å²) in [7, 11) is 1.70. The first-order valence-electron chi connectivity index (χ1n) is 10.2. The normalized spacial score (nSPS) is 15.8. The van der Waals surface area contributed by atoms with E-state index in [2.05, 4.69) is 24.0 Å². The fourth-order valence-electron chi connectivity index (χ4n) is 3.70. The van der Waals surface area contributed by atoms with Gasteiger partial charge in [-0.3, -0.25) is 4.99 Å². The summed E-state index contributed by atoms with van der Waals surface area (Å²) < 4.78 is 11.0. The van der Waals surface area contributed by atoms with E-state index in [0.717, 1.165) is 12.2 Å². The molecule has 0 unspecified atom stereocenters. The van der Waals surface area contributed by atoms with Crippen LogP contribution in [0.1, 0.15) is 43.4 Å². The molecule has 0 spiro atoms. The van der Waals surface area contributed by atoms with Gasteiger partial charge in [0, 0.05) is 36.2 Å². The number of nitrogens with one attached hydrogen (secondary N) is 1. The largest absolute Gasteiger partial charge is 0.507 e. The van der Waals surface area contributed by atoms with Crippen LogP contribution in [0.25, 0.3) is 0 Å². The van der Waals surface area contributed by atoms with Crippen LogP contribution < -0.4 is 14.4 Å². The van der Waals surface area contributed by atoms with E-state index in [9.17, 15) is 5.11 Å². The highest BCUT2D eigenvalue weighted by molar-refractivity contribution is 5.83. The van der Waals surface area contributed by atoms with Crippen LogP contribution in [0.2, 0.25) is 0 Å². The van der Waals surface area contributed by atoms with E-state index in [-0.39, 0.29) is 5.75 Å². The minimum Gasteiger partial charge on any atom is -0.507 e. The quantitative estimate of drug-likeness (QED) is 0.655. The van der Waals surface area contributed by atoms with E-state index in [1.54, 1.807) is 24.3 Å². The van der Waals surface area contributed by atoms with Crippen LogP contribution in [0.4, 0.5) is 0 Å². The van der Waals surface area contributed by atoms with E-state index in [1.807, 2.05) is 24.3 Å². The molecular formula is C23H31N2O3+. The average Bonchev–Trinajstić information content (AvgIpc) is 3.25. The standard InChI is InChI=1S/C23H30N2O3/c1-3-13-28-21-10-9-19(23(26)15-21)16-24-17-22(25-11-4-5-12-25)18-7-6-8-20(14-18)27-2/h6-10,14-16,22,26H,3-5,11-13,17H2,1-2H3/p+1/t22-/m0/s1. The van der Waals surface area contributed by atoms with Crippen LogP contribution in [0.3, 0.4) is 0 Å². The third-order valence-corrected chi connectivity index (χ3v) is 5.23. The maximum absolute atomic E-state index is 10.3. The van der Waals surface area contributed by atoms with Crippen LogP contribution >= 0.6 is 0 Å². The molecule has 150 valence electrons. The molecule has 1 aliphatic rings. The lowest BCUT2D eigenvalue weighted by atomic mass is 10.1. The Bertz CT molecular complexity index is 785. The number of nitrogens with zero attached hydrogens (tertiary/aromatic N) is 1. The summed E-state index contributed by atoms with van der Waals surface area (Å²) in [5, 5.41) is 10.3. The van der Waals surface area contributed by atoms with Crippen molar-refractivity contribution in [2.45, 2.75) is 32.2 Å². The fourth-order valence-corrected chi connectivity index (χ4v) is 3.70. The molecule has 2 aromatic carbocycles. The van der Waals surface area contributed by atoms with Crippen LogP contribution in [0.5, 0.6) is 17.2 Å². The molecule has 1 saturated heterocycles. The zero-order valence-electron chi connectivity index (χ0n) is 16.9. The number of hydrogen-bond acceptors (Lipinski definition) is 4.